The van der Waals surface area contributed by atoms with Gasteiger partial charge in [0.05, 0.1) is 12.1 Å². The van der Waals surface area contributed by atoms with Gasteiger partial charge in [-0.3, -0.25) is 14.6 Å². The largest absolute Gasteiger partial charge is 0.480 e. The topological polar surface area (TPSA) is 166 Å². The summed E-state index contributed by atoms with van der Waals surface area (Å²) in [6.07, 6.45) is 3.07. The minimum absolute atomic E-state index is 0.0256. The Bertz CT molecular complexity index is 898. The highest BCUT2D eigenvalue weighted by molar-refractivity contribution is 5.74. The Morgan fingerprint density at radius 1 is 1.42 bits per heavy atom. The molecular formula is C13H13N7O4. The van der Waals surface area contributed by atoms with Crippen LogP contribution in [0.1, 0.15) is 11.1 Å². The minimum atomic E-state index is -1.24. The zero-order valence-corrected chi connectivity index (χ0v) is 12.3. The van der Waals surface area contributed by atoms with Crippen LogP contribution in [0.2, 0.25) is 0 Å². The molecule has 3 rings (SSSR count). The van der Waals surface area contributed by atoms with Gasteiger partial charge in [0, 0.05) is 18.8 Å². The average Bonchev–Trinajstić information content (AvgIpc) is 3.16. The van der Waals surface area contributed by atoms with Crippen molar-refractivity contribution in [3.05, 3.63) is 46.0 Å². The standard InChI is InChI=1S/C13H13N7O4/c14-9(13(22)23)5-8-10(24-18-12(8)21)11-16-19-20(17-11)6-7-1-3-15-4-2-7/h1-4,9H,5-6,14H2,(H,18,21)(H,22,23)/t9-/m0/s1. The summed E-state index contributed by atoms with van der Waals surface area (Å²) in [7, 11) is 0. The highest BCUT2D eigenvalue weighted by Gasteiger charge is 2.24. The molecule has 3 aromatic heterocycles. The summed E-state index contributed by atoms with van der Waals surface area (Å²) in [6.45, 7) is 0.355. The van der Waals surface area contributed by atoms with E-state index in [0.29, 0.717) is 6.54 Å². The van der Waals surface area contributed by atoms with E-state index in [0.717, 1.165) is 5.56 Å². The summed E-state index contributed by atoms with van der Waals surface area (Å²) in [6, 6.07) is 2.36. The number of rotatable bonds is 6. The Morgan fingerprint density at radius 3 is 2.88 bits per heavy atom. The number of aromatic amines is 1. The van der Waals surface area contributed by atoms with Gasteiger partial charge in [0.2, 0.25) is 11.6 Å². The fraction of sp³-hybridized carbons (Fsp3) is 0.231. The molecule has 0 radical (unpaired) electrons. The van der Waals surface area contributed by atoms with Crippen LogP contribution in [0, 0.1) is 0 Å². The quantitative estimate of drug-likeness (QED) is 0.514. The monoisotopic (exact) mass is 331 g/mol. The average molecular weight is 331 g/mol. The van der Waals surface area contributed by atoms with Crippen LogP contribution >= 0.6 is 0 Å². The summed E-state index contributed by atoms with van der Waals surface area (Å²) in [5, 5.41) is 22.9. The van der Waals surface area contributed by atoms with Gasteiger partial charge in [-0.2, -0.15) is 9.95 Å². The van der Waals surface area contributed by atoms with Gasteiger partial charge in [-0.05, 0) is 22.9 Å². The number of tetrazole rings is 1. The fourth-order valence-electron chi connectivity index (χ4n) is 2.05. The molecule has 0 aliphatic heterocycles. The SMILES string of the molecule is N[C@@H](Cc1c(-c2nnn(Cc3ccncc3)n2)o[nH]c1=O)C(=O)O. The van der Waals surface area contributed by atoms with E-state index in [1.165, 1.54) is 4.80 Å². The van der Waals surface area contributed by atoms with Crippen molar-refractivity contribution in [3.63, 3.8) is 0 Å². The summed E-state index contributed by atoms with van der Waals surface area (Å²) in [5.41, 5.74) is 5.87. The smallest absolute Gasteiger partial charge is 0.320 e. The molecule has 0 saturated heterocycles. The van der Waals surface area contributed by atoms with Gasteiger partial charge in [-0.25, -0.2) is 0 Å². The van der Waals surface area contributed by atoms with E-state index in [1.54, 1.807) is 24.5 Å². The van der Waals surface area contributed by atoms with Crippen molar-refractivity contribution in [3.8, 4) is 11.6 Å². The summed E-state index contributed by atoms with van der Waals surface area (Å²) < 4.78 is 5.05. The molecule has 3 aromatic rings. The first-order valence-electron chi connectivity index (χ1n) is 6.90. The number of carboxylic acids is 1. The molecule has 3 heterocycles. The van der Waals surface area contributed by atoms with Crippen LogP contribution in [0.4, 0.5) is 0 Å². The van der Waals surface area contributed by atoms with Crippen LogP contribution in [0.15, 0.2) is 33.8 Å². The van der Waals surface area contributed by atoms with E-state index >= 15 is 0 Å². The van der Waals surface area contributed by atoms with Crippen molar-refractivity contribution in [2.45, 2.75) is 19.0 Å². The summed E-state index contributed by atoms with van der Waals surface area (Å²) in [5.74, 6) is -1.14. The highest BCUT2D eigenvalue weighted by Crippen LogP contribution is 2.17. The molecule has 11 nitrogen and oxygen atoms in total. The van der Waals surface area contributed by atoms with E-state index < -0.39 is 17.6 Å². The van der Waals surface area contributed by atoms with E-state index in [-0.39, 0.29) is 23.6 Å². The summed E-state index contributed by atoms with van der Waals surface area (Å²) >= 11 is 0. The second-order valence-corrected chi connectivity index (χ2v) is 4.99. The Hall–Kier alpha value is -3.34. The van der Waals surface area contributed by atoms with Crippen LogP contribution in [0.5, 0.6) is 0 Å². The minimum Gasteiger partial charge on any atom is -0.480 e. The third kappa shape index (κ3) is 3.20. The Morgan fingerprint density at radius 2 is 2.17 bits per heavy atom. The van der Waals surface area contributed by atoms with Gasteiger partial charge in [0.25, 0.3) is 5.56 Å². The van der Waals surface area contributed by atoms with E-state index in [9.17, 15) is 9.59 Å². The Labute approximate surface area is 134 Å². The molecule has 1 atom stereocenters. The maximum absolute atomic E-state index is 11.8. The molecule has 24 heavy (non-hydrogen) atoms. The van der Waals surface area contributed by atoms with Crippen molar-refractivity contribution in [1.29, 1.82) is 0 Å². The zero-order valence-electron chi connectivity index (χ0n) is 12.3. The molecule has 4 N–H and O–H groups in total. The van der Waals surface area contributed by atoms with Crippen molar-refractivity contribution in [2.75, 3.05) is 0 Å². The molecule has 0 amide bonds. The van der Waals surface area contributed by atoms with Crippen LogP contribution in [0.3, 0.4) is 0 Å². The maximum atomic E-state index is 11.8. The lowest BCUT2D eigenvalue weighted by atomic mass is 10.1. The maximum Gasteiger partial charge on any atom is 0.320 e. The van der Waals surface area contributed by atoms with Crippen LogP contribution in [0.25, 0.3) is 11.6 Å². The number of hydrogen-bond acceptors (Lipinski definition) is 8. The molecule has 11 heteroatoms. The Balaban J connectivity index is 1.85. The second kappa shape index (κ2) is 6.42. The number of aromatic nitrogens is 6. The fourth-order valence-corrected chi connectivity index (χ4v) is 2.05. The normalized spacial score (nSPS) is 12.2. The number of nitrogens with two attached hydrogens (primary N) is 1. The van der Waals surface area contributed by atoms with Gasteiger partial charge in [-0.15, -0.1) is 10.2 Å². The molecule has 0 aromatic carbocycles. The molecule has 0 unspecified atom stereocenters. The number of H-pyrrole nitrogens is 1. The molecule has 0 bridgehead atoms. The molecule has 0 spiro atoms. The van der Waals surface area contributed by atoms with Gasteiger partial charge in [0.1, 0.15) is 6.04 Å². The predicted molar refractivity (Wildman–Crippen MR) is 78.8 cm³/mol. The predicted octanol–water partition coefficient (Wildman–Crippen LogP) is -0.981. The molecule has 0 aliphatic carbocycles. The van der Waals surface area contributed by atoms with Crippen LogP contribution in [-0.2, 0) is 17.8 Å². The number of aliphatic carboxylic acids is 1. The molecule has 0 aliphatic rings. The third-order valence-corrected chi connectivity index (χ3v) is 3.26. The number of carbonyl (C=O) groups is 1. The number of nitrogens with one attached hydrogen (secondary N) is 1. The first-order chi connectivity index (χ1) is 11.5. The lowest BCUT2D eigenvalue weighted by Gasteiger charge is -2.03. The molecule has 0 saturated carbocycles. The number of carboxylic acid groups (broad SMARTS) is 1. The lowest BCUT2D eigenvalue weighted by Crippen LogP contribution is -2.33. The van der Waals surface area contributed by atoms with Crippen molar-refractivity contribution < 1.29 is 14.4 Å². The zero-order chi connectivity index (χ0) is 17.1. The molecule has 124 valence electrons. The lowest BCUT2D eigenvalue weighted by molar-refractivity contribution is -0.138. The summed E-state index contributed by atoms with van der Waals surface area (Å²) in [4.78, 5) is 27.9. The van der Waals surface area contributed by atoms with Gasteiger partial charge >= 0.3 is 5.97 Å². The number of nitrogens with zero attached hydrogens (tertiary/aromatic N) is 5. The first-order valence-corrected chi connectivity index (χ1v) is 6.90. The molecular weight excluding hydrogens is 318 g/mol. The Kier molecular flexibility index (Phi) is 4.16. The van der Waals surface area contributed by atoms with Crippen LogP contribution < -0.4 is 11.3 Å². The van der Waals surface area contributed by atoms with E-state index in [4.69, 9.17) is 15.4 Å². The van der Waals surface area contributed by atoms with Gasteiger partial charge < -0.3 is 15.4 Å². The van der Waals surface area contributed by atoms with Crippen molar-refractivity contribution >= 4 is 5.97 Å². The number of pyridine rings is 1. The number of hydrogen-bond donors (Lipinski definition) is 3. The second-order valence-electron chi connectivity index (χ2n) is 4.99. The highest BCUT2D eigenvalue weighted by atomic mass is 16.5. The van der Waals surface area contributed by atoms with Gasteiger partial charge in [-0.1, -0.05) is 0 Å². The molecule has 0 fully saturated rings. The van der Waals surface area contributed by atoms with E-state index in [1.807, 2.05) is 0 Å². The van der Waals surface area contributed by atoms with Crippen molar-refractivity contribution in [2.24, 2.45) is 5.73 Å². The van der Waals surface area contributed by atoms with Gasteiger partial charge in [0.15, 0.2) is 0 Å². The third-order valence-electron chi connectivity index (χ3n) is 3.26. The first kappa shape index (κ1) is 15.6. The van der Waals surface area contributed by atoms with E-state index in [2.05, 4.69) is 25.6 Å². The van der Waals surface area contributed by atoms with Crippen molar-refractivity contribution in [1.82, 2.24) is 30.3 Å². The van der Waals surface area contributed by atoms with Crippen LogP contribution in [-0.4, -0.2) is 47.5 Å².